The average molecular weight is 401 g/mol. The Morgan fingerprint density at radius 3 is 2.14 bits per heavy atom. The molecule has 0 spiro atoms. The van der Waals surface area contributed by atoms with Crippen LogP contribution in [0.15, 0.2) is 59.5 Å². The van der Waals surface area contributed by atoms with Gasteiger partial charge in [-0.25, -0.2) is 8.42 Å². The fourth-order valence-corrected chi connectivity index (χ4v) is 5.39. The molecule has 28 heavy (non-hydrogen) atoms. The van der Waals surface area contributed by atoms with E-state index < -0.39 is 20.9 Å². The van der Waals surface area contributed by atoms with Gasteiger partial charge in [-0.2, -0.15) is 0 Å². The van der Waals surface area contributed by atoms with E-state index in [2.05, 4.69) is 5.92 Å². The van der Waals surface area contributed by atoms with E-state index >= 15 is 0 Å². The van der Waals surface area contributed by atoms with Gasteiger partial charge in [-0.15, -0.1) is 6.42 Å². The van der Waals surface area contributed by atoms with E-state index in [0.717, 1.165) is 0 Å². The molecule has 0 unspecified atom stereocenters. The number of nitrogens with zero attached hydrogens (tertiary/aromatic N) is 1. The maximum absolute atomic E-state index is 13.3. The van der Waals surface area contributed by atoms with E-state index in [1.807, 2.05) is 23.1 Å². The number of hydrogen-bond acceptors (Lipinski definition) is 6. The first kappa shape index (κ1) is 20.4. The lowest BCUT2D eigenvalue weighted by Gasteiger charge is -2.41. The first-order chi connectivity index (χ1) is 13.4. The van der Waals surface area contributed by atoms with Crippen molar-refractivity contribution in [3.8, 4) is 23.8 Å². The Morgan fingerprint density at radius 2 is 1.61 bits per heavy atom. The molecule has 0 amide bonds. The minimum Gasteiger partial charge on any atom is -0.457 e. The second-order valence-electron chi connectivity index (χ2n) is 6.81. The molecule has 0 radical (unpaired) electrons. The molecule has 1 saturated heterocycles. The topological polar surface area (TPSA) is 87.1 Å². The number of aliphatic hydroxyl groups excluding tert-OH is 1. The Kier molecular flexibility index (Phi) is 6.06. The lowest BCUT2D eigenvalue weighted by Crippen LogP contribution is -2.56. The lowest BCUT2D eigenvalue weighted by atomic mass is 9.95. The highest BCUT2D eigenvalue weighted by molar-refractivity contribution is 7.93. The molecule has 2 aromatic rings. The molecule has 6 nitrogen and oxygen atoms in total. The Balaban J connectivity index is 1.83. The monoisotopic (exact) mass is 401 g/mol. The highest BCUT2D eigenvalue weighted by Gasteiger charge is 2.51. The van der Waals surface area contributed by atoms with Crippen molar-refractivity contribution < 1.29 is 23.4 Å². The van der Waals surface area contributed by atoms with Crippen molar-refractivity contribution in [2.45, 2.75) is 28.8 Å². The Hall–Kier alpha value is -2.37. The predicted octanol–water partition coefficient (Wildman–Crippen LogP) is 2.03. The van der Waals surface area contributed by atoms with Crippen molar-refractivity contribution in [1.29, 1.82) is 0 Å². The van der Waals surface area contributed by atoms with E-state index in [0.29, 0.717) is 31.1 Å². The fourth-order valence-electron chi connectivity index (χ4n) is 3.43. The summed E-state index contributed by atoms with van der Waals surface area (Å²) in [5.41, 5.74) is 0. The number of likely N-dealkylation sites (tertiary alicyclic amines) is 1. The van der Waals surface area contributed by atoms with Crippen LogP contribution in [0.25, 0.3) is 0 Å². The highest BCUT2D eigenvalue weighted by Crippen LogP contribution is 2.38. The third-order valence-corrected chi connectivity index (χ3v) is 7.72. The number of rotatable bonds is 6. The molecule has 3 rings (SSSR count). The van der Waals surface area contributed by atoms with Crippen molar-refractivity contribution in [2.75, 3.05) is 19.6 Å². The van der Waals surface area contributed by atoms with Gasteiger partial charge in [0.1, 0.15) is 16.2 Å². The van der Waals surface area contributed by atoms with Gasteiger partial charge in [-0.3, -0.25) is 4.90 Å². The van der Waals surface area contributed by atoms with E-state index in [1.54, 1.807) is 24.3 Å². The molecule has 0 aromatic heterocycles. The molecule has 0 atom stereocenters. The summed E-state index contributed by atoms with van der Waals surface area (Å²) in [6.07, 6.45) is 3.52. The number of hydrogen-bond donors (Lipinski definition) is 2. The Labute approximate surface area is 165 Å². The normalized spacial score (nSPS) is 17.2. The average Bonchev–Trinajstić information content (AvgIpc) is 2.70. The number of terminal acetylenes is 1. The van der Waals surface area contributed by atoms with Crippen molar-refractivity contribution in [2.24, 2.45) is 0 Å². The van der Waals surface area contributed by atoms with Crippen LogP contribution in [0, 0.1) is 12.3 Å². The van der Waals surface area contributed by atoms with E-state index in [9.17, 15) is 18.6 Å². The largest absolute Gasteiger partial charge is 0.457 e. The zero-order valence-electron chi connectivity index (χ0n) is 15.4. The molecule has 1 aliphatic heterocycles. The van der Waals surface area contributed by atoms with Crippen molar-refractivity contribution in [3.63, 3.8) is 0 Å². The Morgan fingerprint density at radius 1 is 1.04 bits per heavy atom. The van der Waals surface area contributed by atoms with Crippen LogP contribution in [0.4, 0.5) is 0 Å². The first-order valence-corrected chi connectivity index (χ1v) is 10.5. The molecule has 2 N–H and O–H groups in total. The summed E-state index contributed by atoms with van der Waals surface area (Å²) in [5, 5.41) is 20.0. The van der Waals surface area contributed by atoms with Gasteiger partial charge in [0.2, 0.25) is 0 Å². The number of benzene rings is 2. The summed E-state index contributed by atoms with van der Waals surface area (Å²) in [4.78, 5) is 1.96. The summed E-state index contributed by atoms with van der Waals surface area (Å²) < 4.78 is 30.6. The van der Waals surface area contributed by atoms with Crippen molar-refractivity contribution in [3.05, 3.63) is 54.6 Å². The number of aliphatic hydroxyl groups is 2. The number of sulfone groups is 1. The van der Waals surface area contributed by atoms with Crippen LogP contribution >= 0.6 is 0 Å². The smallest absolute Gasteiger partial charge is 0.189 e. The second kappa shape index (κ2) is 8.33. The molecular weight excluding hydrogens is 378 g/mol. The standard InChI is InChI=1S/C21H23NO5S/c1-2-14-22-15-12-21(13-16-22,20(23)24)28(25,26)19-10-8-18(9-11-19)27-17-6-4-3-5-7-17/h1,3-11,20,23-24H,12-16H2. The predicted molar refractivity (Wildman–Crippen MR) is 106 cm³/mol. The first-order valence-electron chi connectivity index (χ1n) is 8.98. The number of para-hydroxylation sites is 1. The van der Waals surface area contributed by atoms with Gasteiger partial charge in [0.25, 0.3) is 0 Å². The SMILES string of the molecule is C#CCN1CCC(C(O)O)(S(=O)(=O)c2ccc(Oc3ccccc3)cc2)CC1. The molecule has 0 bridgehead atoms. The summed E-state index contributed by atoms with van der Waals surface area (Å²) in [7, 11) is -3.98. The van der Waals surface area contributed by atoms with Gasteiger partial charge < -0.3 is 14.9 Å². The van der Waals surface area contributed by atoms with Gasteiger partial charge in [0.15, 0.2) is 16.1 Å². The van der Waals surface area contributed by atoms with Gasteiger partial charge in [0, 0.05) is 13.1 Å². The minimum atomic E-state index is -3.98. The van der Waals surface area contributed by atoms with Crippen LogP contribution in [0.5, 0.6) is 11.5 Å². The molecule has 2 aromatic carbocycles. The van der Waals surface area contributed by atoms with Gasteiger partial charge in [-0.05, 0) is 49.2 Å². The van der Waals surface area contributed by atoms with E-state index in [4.69, 9.17) is 11.2 Å². The van der Waals surface area contributed by atoms with E-state index in [1.165, 1.54) is 12.1 Å². The van der Waals surface area contributed by atoms with E-state index in [-0.39, 0.29) is 17.7 Å². The fraction of sp³-hybridized carbons (Fsp3) is 0.333. The zero-order valence-corrected chi connectivity index (χ0v) is 16.2. The maximum Gasteiger partial charge on any atom is 0.189 e. The Bertz CT molecular complexity index is 925. The third kappa shape index (κ3) is 3.91. The molecule has 0 aliphatic carbocycles. The lowest BCUT2D eigenvalue weighted by molar-refractivity contribution is -0.0849. The second-order valence-corrected chi connectivity index (χ2v) is 9.10. The van der Waals surface area contributed by atoms with Crippen LogP contribution in [0.3, 0.4) is 0 Å². The third-order valence-electron chi connectivity index (χ3n) is 5.14. The molecule has 1 fully saturated rings. The van der Waals surface area contributed by atoms with Crippen LogP contribution in [-0.2, 0) is 9.84 Å². The van der Waals surface area contributed by atoms with Crippen molar-refractivity contribution >= 4 is 9.84 Å². The summed E-state index contributed by atoms with van der Waals surface area (Å²) in [5.74, 6) is 3.66. The molecule has 0 saturated carbocycles. The van der Waals surface area contributed by atoms with Crippen LogP contribution in [0.2, 0.25) is 0 Å². The highest BCUT2D eigenvalue weighted by atomic mass is 32.2. The van der Waals surface area contributed by atoms with Crippen LogP contribution in [-0.4, -0.2) is 54.2 Å². The zero-order chi connectivity index (χ0) is 20.2. The minimum absolute atomic E-state index is 0.0337. The van der Waals surface area contributed by atoms with Gasteiger partial charge >= 0.3 is 0 Å². The molecule has 7 heteroatoms. The molecule has 1 heterocycles. The number of piperidine rings is 1. The summed E-state index contributed by atoms with van der Waals surface area (Å²) in [6, 6.07) is 15.1. The van der Waals surface area contributed by atoms with Crippen LogP contribution < -0.4 is 4.74 Å². The summed E-state index contributed by atoms with van der Waals surface area (Å²) >= 11 is 0. The van der Waals surface area contributed by atoms with Gasteiger partial charge in [0.05, 0.1) is 11.4 Å². The quantitative estimate of drug-likeness (QED) is 0.569. The maximum atomic E-state index is 13.3. The molecule has 1 aliphatic rings. The van der Waals surface area contributed by atoms with Crippen LogP contribution in [0.1, 0.15) is 12.8 Å². The molecular formula is C21H23NO5S. The van der Waals surface area contributed by atoms with Gasteiger partial charge in [-0.1, -0.05) is 24.1 Å². The number of ether oxygens (including phenoxy) is 1. The summed E-state index contributed by atoms with van der Waals surface area (Å²) in [6.45, 7) is 1.18. The van der Waals surface area contributed by atoms with Crippen molar-refractivity contribution in [1.82, 2.24) is 4.90 Å². The molecule has 148 valence electrons.